The third-order valence-electron chi connectivity index (χ3n) is 6.27. The molecule has 3 aromatic rings. The lowest BCUT2D eigenvalue weighted by Crippen LogP contribution is -2.38. The third kappa shape index (κ3) is 7.07. The van der Waals surface area contributed by atoms with Crippen molar-refractivity contribution in [1.29, 1.82) is 0 Å². The number of carbonyl (C=O) groups excluding carboxylic acids is 1. The van der Waals surface area contributed by atoms with Crippen LogP contribution in [0.2, 0.25) is 0 Å². The summed E-state index contributed by atoms with van der Waals surface area (Å²) in [6, 6.07) is 7.92. The molecule has 1 aromatic carbocycles. The van der Waals surface area contributed by atoms with Crippen LogP contribution in [0.5, 0.6) is 0 Å². The number of hydrogen-bond donors (Lipinski definition) is 1. The molecule has 2 aromatic heterocycles. The molecule has 9 heteroatoms. The zero-order valence-electron chi connectivity index (χ0n) is 23.4. The number of rotatable bonds is 12. The lowest BCUT2D eigenvalue weighted by atomic mass is 10.1. The maximum absolute atomic E-state index is 12.4. The van der Waals surface area contributed by atoms with Gasteiger partial charge in [-0.05, 0) is 70.4 Å². The van der Waals surface area contributed by atoms with E-state index < -0.39 is 0 Å². The Bertz CT molecular complexity index is 1250. The van der Waals surface area contributed by atoms with E-state index in [9.17, 15) is 9.59 Å². The van der Waals surface area contributed by atoms with Crippen molar-refractivity contribution in [3.05, 3.63) is 51.9 Å². The Morgan fingerprint density at radius 2 is 1.95 bits per heavy atom. The van der Waals surface area contributed by atoms with Crippen LogP contribution in [-0.2, 0) is 27.9 Å². The maximum Gasteiger partial charge on any atom is 0.323 e. The molecule has 202 valence electrons. The third-order valence-corrected chi connectivity index (χ3v) is 7.42. The zero-order chi connectivity index (χ0) is 27.3. The molecule has 0 aliphatic heterocycles. The second-order valence-corrected chi connectivity index (χ2v) is 12.7. The van der Waals surface area contributed by atoms with E-state index in [-0.39, 0.29) is 37.6 Å². The van der Waals surface area contributed by atoms with Gasteiger partial charge in [-0.15, -0.1) is 7.92 Å². The van der Waals surface area contributed by atoms with Crippen molar-refractivity contribution in [2.75, 3.05) is 33.2 Å². The standard InChI is InChI=1S/C28H41N4O4P/c1-9-23(28(34)36-18(2)3)29-14-20-10-11-25-24(13-20)30-26(21-12-19(4)27(33)31(5)15-21)32(25)22(16-35-6)17-37(7)8/h10-13,15,18,22-23,29H,9,14,16-17H2,1-8H3/t22?,23-/m0/s1. The molecule has 0 fully saturated rings. The van der Waals surface area contributed by atoms with Crippen LogP contribution < -0.4 is 10.9 Å². The van der Waals surface area contributed by atoms with Gasteiger partial charge >= 0.3 is 5.97 Å². The number of nitrogens with zero attached hydrogens (tertiary/aromatic N) is 3. The zero-order valence-corrected chi connectivity index (χ0v) is 24.3. The minimum Gasteiger partial charge on any atom is -0.462 e. The number of methoxy groups -OCH3 is 1. The average molecular weight is 529 g/mol. The van der Waals surface area contributed by atoms with Crippen molar-refractivity contribution in [3.8, 4) is 11.4 Å². The van der Waals surface area contributed by atoms with E-state index in [0.717, 1.165) is 34.1 Å². The predicted octanol–water partition coefficient (Wildman–Crippen LogP) is 4.46. The first-order valence-corrected chi connectivity index (χ1v) is 15.2. The topological polar surface area (TPSA) is 87.4 Å². The Labute approximate surface area is 221 Å². The van der Waals surface area contributed by atoms with Crippen LogP contribution >= 0.6 is 7.92 Å². The van der Waals surface area contributed by atoms with Crippen LogP contribution in [0.25, 0.3) is 22.4 Å². The molecule has 0 bridgehead atoms. The lowest BCUT2D eigenvalue weighted by Gasteiger charge is -2.23. The number of esters is 1. The molecular weight excluding hydrogens is 487 g/mol. The molecule has 8 nitrogen and oxygen atoms in total. The summed E-state index contributed by atoms with van der Waals surface area (Å²) < 4.78 is 14.9. The summed E-state index contributed by atoms with van der Waals surface area (Å²) in [4.78, 5) is 29.8. The molecule has 0 saturated heterocycles. The normalized spacial score (nSPS) is 13.5. The van der Waals surface area contributed by atoms with Gasteiger partial charge in [-0.25, -0.2) is 4.98 Å². The highest BCUT2D eigenvalue weighted by atomic mass is 31.1. The van der Waals surface area contributed by atoms with Crippen molar-refractivity contribution >= 4 is 24.9 Å². The number of aromatic nitrogens is 3. The molecule has 2 atom stereocenters. The first-order valence-electron chi connectivity index (χ1n) is 12.8. The van der Waals surface area contributed by atoms with Crippen molar-refractivity contribution in [3.63, 3.8) is 0 Å². The van der Waals surface area contributed by atoms with Crippen molar-refractivity contribution in [2.45, 2.75) is 58.8 Å². The number of ether oxygens (including phenoxy) is 2. The molecule has 1 N–H and O–H groups in total. The van der Waals surface area contributed by atoms with Crippen LogP contribution in [0.1, 0.15) is 44.4 Å². The summed E-state index contributed by atoms with van der Waals surface area (Å²) in [6.07, 6.45) is 3.35. The second-order valence-electron chi connectivity index (χ2n) is 10.2. The highest BCUT2D eigenvalue weighted by molar-refractivity contribution is 7.56. The fourth-order valence-electron chi connectivity index (χ4n) is 4.60. The van der Waals surface area contributed by atoms with Crippen LogP contribution in [0.3, 0.4) is 0 Å². The van der Waals surface area contributed by atoms with Gasteiger partial charge in [0.15, 0.2) is 0 Å². The van der Waals surface area contributed by atoms with Crippen LogP contribution in [0.15, 0.2) is 35.3 Å². The lowest BCUT2D eigenvalue weighted by molar-refractivity contribution is -0.150. The van der Waals surface area contributed by atoms with Crippen LogP contribution in [0.4, 0.5) is 0 Å². The number of pyridine rings is 1. The van der Waals surface area contributed by atoms with E-state index in [2.05, 4.69) is 41.4 Å². The van der Waals surface area contributed by atoms with E-state index in [1.165, 1.54) is 0 Å². The smallest absolute Gasteiger partial charge is 0.323 e. The Morgan fingerprint density at radius 1 is 1.22 bits per heavy atom. The number of carbonyl (C=O) groups is 1. The molecule has 0 saturated carbocycles. The van der Waals surface area contributed by atoms with Gasteiger partial charge in [0, 0.05) is 38.0 Å². The summed E-state index contributed by atoms with van der Waals surface area (Å²) in [5.41, 5.74) is 4.49. The molecule has 0 amide bonds. The van der Waals surface area contributed by atoms with Gasteiger partial charge in [0.05, 0.1) is 29.8 Å². The molecule has 0 radical (unpaired) electrons. The fourth-order valence-corrected chi connectivity index (χ4v) is 5.71. The van der Waals surface area contributed by atoms with Gasteiger partial charge < -0.3 is 23.9 Å². The molecule has 0 spiro atoms. The van der Waals surface area contributed by atoms with Crippen molar-refractivity contribution in [2.24, 2.45) is 7.05 Å². The summed E-state index contributed by atoms with van der Waals surface area (Å²) in [6.45, 7) is 13.2. The van der Waals surface area contributed by atoms with Gasteiger partial charge in [0.1, 0.15) is 11.9 Å². The van der Waals surface area contributed by atoms with Crippen LogP contribution in [-0.4, -0.2) is 65.4 Å². The van der Waals surface area contributed by atoms with Gasteiger partial charge in [-0.1, -0.05) is 13.0 Å². The van der Waals surface area contributed by atoms with Gasteiger partial charge in [0.25, 0.3) is 5.56 Å². The maximum atomic E-state index is 12.4. The molecule has 3 rings (SSSR count). The van der Waals surface area contributed by atoms with E-state index in [4.69, 9.17) is 14.5 Å². The number of aryl methyl sites for hydroxylation is 2. The molecule has 37 heavy (non-hydrogen) atoms. The first kappa shape index (κ1) is 29.0. The Balaban J connectivity index is 2.05. The van der Waals surface area contributed by atoms with Gasteiger partial charge in [0.2, 0.25) is 0 Å². The first-order chi connectivity index (χ1) is 17.5. The number of nitrogens with one attached hydrogen (secondary N) is 1. The summed E-state index contributed by atoms with van der Waals surface area (Å²) >= 11 is 0. The predicted molar refractivity (Wildman–Crippen MR) is 152 cm³/mol. The van der Waals surface area contributed by atoms with E-state index in [0.29, 0.717) is 25.1 Å². The Kier molecular flexibility index (Phi) is 10.0. The molecule has 1 unspecified atom stereocenters. The van der Waals surface area contributed by atoms with Gasteiger partial charge in [-0.3, -0.25) is 9.59 Å². The minimum absolute atomic E-state index is 0.0136. The highest BCUT2D eigenvalue weighted by Crippen LogP contribution is 2.35. The van der Waals surface area contributed by atoms with Crippen molar-refractivity contribution < 1.29 is 14.3 Å². The highest BCUT2D eigenvalue weighted by Gasteiger charge is 2.23. The average Bonchev–Trinajstić information content (AvgIpc) is 3.20. The fraction of sp³-hybridized carbons (Fsp3) is 0.536. The summed E-state index contributed by atoms with van der Waals surface area (Å²) in [5, 5.41) is 3.33. The van der Waals surface area contributed by atoms with E-state index >= 15 is 0 Å². The molecular formula is C28H41N4O4P. The Morgan fingerprint density at radius 3 is 2.54 bits per heavy atom. The largest absolute Gasteiger partial charge is 0.462 e. The number of hydrogen-bond acceptors (Lipinski definition) is 6. The summed E-state index contributed by atoms with van der Waals surface area (Å²) in [7, 11) is 3.32. The van der Waals surface area contributed by atoms with E-state index in [1.807, 2.05) is 40.0 Å². The molecule has 0 aliphatic carbocycles. The van der Waals surface area contributed by atoms with Gasteiger partial charge in [-0.2, -0.15) is 0 Å². The van der Waals surface area contributed by atoms with E-state index in [1.54, 1.807) is 18.7 Å². The van der Waals surface area contributed by atoms with Crippen molar-refractivity contribution in [1.82, 2.24) is 19.4 Å². The SMILES string of the molecule is CC[C@H](NCc1ccc2c(c1)nc(-c1cc(C)c(=O)n(C)c1)n2C(COC)CP(C)C)C(=O)OC(C)C. The second kappa shape index (κ2) is 12.8. The quantitative estimate of drug-likeness (QED) is 0.276. The minimum atomic E-state index is -0.362. The number of benzene rings is 1. The monoisotopic (exact) mass is 528 g/mol. The number of imidazole rings is 1. The Hall–Kier alpha value is -2.54. The van der Waals surface area contributed by atoms with Crippen LogP contribution in [0, 0.1) is 6.92 Å². The molecule has 2 heterocycles. The molecule has 0 aliphatic rings. The number of fused-ring (bicyclic) bond motifs is 1. The summed E-state index contributed by atoms with van der Waals surface area (Å²) in [5.74, 6) is 0.595.